The lowest BCUT2D eigenvalue weighted by atomic mass is 9.77. The molecule has 0 fully saturated rings. The number of quaternary nitrogens is 2. The molecule has 0 aromatic carbocycles. The van der Waals surface area contributed by atoms with E-state index in [1.165, 1.54) is 13.8 Å². The molecule has 3 amide bonds. The third kappa shape index (κ3) is 32.7. The molecule has 304 valence electrons. The van der Waals surface area contributed by atoms with Crippen molar-refractivity contribution >= 4 is 27.8 Å². The smallest absolute Gasteiger partial charge is 0.267 e. The molecule has 0 saturated carbocycles. The van der Waals surface area contributed by atoms with Gasteiger partial charge in [-0.3, -0.25) is 18.9 Å². The van der Waals surface area contributed by atoms with Gasteiger partial charge >= 0.3 is 0 Å². The summed E-state index contributed by atoms with van der Waals surface area (Å²) in [6.07, 6.45) is 0.0127. The van der Waals surface area contributed by atoms with E-state index in [0.717, 1.165) is 0 Å². The molecule has 0 heterocycles. The van der Waals surface area contributed by atoms with Gasteiger partial charge in [0, 0.05) is 17.3 Å². The van der Waals surface area contributed by atoms with E-state index in [1.54, 1.807) is 20.8 Å². The van der Waals surface area contributed by atoms with E-state index in [0.29, 0.717) is 28.5 Å². The standard InChI is InChI=1S/C25H51N5O7S.8CH4.2CH3/c1-11-18(21(26)32)12-19(22(33)28-25(4,5)16-38(35,36)37)13-24(2,3)23(34)27-17-30(9,10)15-20(31)14-29(6,7)8;;;;;;;;;;/h18-20,31H,11-17H2,1-10H3,(H3-2,26,27,28,32,33,34,35,36,37);8*1H4;2*1H3/q;;;;;;;;;2*-1/p+2. The molecule has 0 spiro atoms. The zero-order valence-corrected chi connectivity index (χ0v) is 27.8. The number of primary amides is 1. The molecular formula is C35H91N5O7S. The van der Waals surface area contributed by atoms with Crippen LogP contribution in [0.15, 0.2) is 0 Å². The molecule has 12 nitrogen and oxygen atoms in total. The van der Waals surface area contributed by atoms with Crippen LogP contribution in [0.3, 0.4) is 0 Å². The van der Waals surface area contributed by atoms with E-state index in [9.17, 15) is 32.5 Å². The second-order valence-electron chi connectivity index (χ2n) is 13.5. The Balaban J connectivity index is -0.000000152. The number of carbonyl (C=O) groups excluding carboxylic acids is 3. The maximum absolute atomic E-state index is 13.3. The highest BCUT2D eigenvalue weighted by Crippen LogP contribution is 2.31. The fraction of sp³-hybridized carbons (Fsp3) is 0.857. The van der Waals surface area contributed by atoms with Crippen molar-refractivity contribution in [2.24, 2.45) is 23.0 Å². The van der Waals surface area contributed by atoms with Crippen LogP contribution in [0.5, 0.6) is 0 Å². The molecule has 0 rings (SSSR count). The highest BCUT2D eigenvalue weighted by atomic mass is 32.2. The number of rotatable bonds is 17. The maximum atomic E-state index is 13.3. The molecule has 6 N–H and O–H groups in total. The summed E-state index contributed by atoms with van der Waals surface area (Å²) in [6.45, 7) is 9.35. The van der Waals surface area contributed by atoms with Gasteiger partial charge in [-0.1, -0.05) is 80.2 Å². The van der Waals surface area contributed by atoms with Crippen LogP contribution in [0.4, 0.5) is 0 Å². The highest BCUT2D eigenvalue weighted by molar-refractivity contribution is 7.85. The second kappa shape index (κ2) is 29.0. The molecule has 13 heteroatoms. The van der Waals surface area contributed by atoms with Gasteiger partial charge in [0.05, 0.1) is 46.5 Å². The van der Waals surface area contributed by atoms with E-state index in [1.807, 2.05) is 35.2 Å². The summed E-state index contributed by atoms with van der Waals surface area (Å²) in [7, 11) is 5.42. The number of nitrogens with zero attached hydrogens (tertiary/aromatic N) is 2. The monoisotopic (exact) mass is 726 g/mol. The number of amides is 3. The first-order valence-electron chi connectivity index (χ1n) is 12.9. The van der Waals surface area contributed by atoms with Crippen molar-refractivity contribution in [3.63, 3.8) is 0 Å². The average Bonchev–Trinajstić information content (AvgIpc) is 2.64. The van der Waals surface area contributed by atoms with Crippen LogP contribution in [-0.4, -0.2) is 117 Å². The van der Waals surface area contributed by atoms with Crippen molar-refractivity contribution in [3.05, 3.63) is 14.9 Å². The number of hydrogen-bond donors (Lipinski definition) is 5. The molecule has 3 atom stereocenters. The van der Waals surface area contributed by atoms with E-state index in [-0.39, 0.29) is 99.7 Å². The van der Waals surface area contributed by atoms with Crippen molar-refractivity contribution < 1.29 is 41.4 Å². The Bertz CT molecular complexity index is 932. The lowest BCUT2D eigenvalue weighted by Gasteiger charge is -2.36. The molecule has 0 aliphatic rings. The van der Waals surface area contributed by atoms with Crippen LogP contribution < -0.4 is 16.4 Å². The van der Waals surface area contributed by atoms with Crippen molar-refractivity contribution in [1.82, 2.24) is 10.6 Å². The Morgan fingerprint density at radius 3 is 1.56 bits per heavy atom. The van der Waals surface area contributed by atoms with Gasteiger partial charge < -0.3 is 45.3 Å². The average molecular weight is 726 g/mol. The minimum atomic E-state index is -4.36. The second-order valence-corrected chi connectivity index (χ2v) is 15.0. The van der Waals surface area contributed by atoms with Gasteiger partial charge in [-0.15, -0.1) is 0 Å². The SMILES string of the molecule is C.C.C.C.C.C.C.C.CCC(CC(CC(C)(C)C(=O)NC[N+](C)(C)CC(O)C[N+](C)(C)C)C(=O)NC(C)(C)CS(=O)(=O)O)C(N)=O.[CH3-].[CH3-]. The number of carbonyl (C=O) groups is 3. The molecule has 0 aromatic heterocycles. The number of hydrogen-bond acceptors (Lipinski definition) is 6. The fourth-order valence-corrected chi connectivity index (χ4v) is 5.58. The Labute approximate surface area is 302 Å². The number of aliphatic hydroxyl groups is 1. The van der Waals surface area contributed by atoms with E-state index in [4.69, 9.17) is 5.73 Å². The number of nitrogens with two attached hydrogens (primary N) is 1. The highest BCUT2D eigenvalue weighted by Gasteiger charge is 2.38. The third-order valence-corrected chi connectivity index (χ3v) is 7.43. The summed E-state index contributed by atoms with van der Waals surface area (Å²) in [6, 6.07) is 0. The maximum Gasteiger partial charge on any atom is 0.267 e. The van der Waals surface area contributed by atoms with Crippen LogP contribution in [0.2, 0.25) is 0 Å². The van der Waals surface area contributed by atoms with Crippen molar-refractivity contribution in [1.29, 1.82) is 0 Å². The largest absolute Gasteiger partial charge is 0.382 e. The zero-order chi connectivity index (χ0) is 30.3. The molecule has 48 heavy (non-hydrogen) atoms. The molecule has 0 aliphatic carbocycles. The lowest BCUT2D eigenvalue weighted by molar-refractivity contribution is -0.908. The van der Waals surface area contributed by atoms with E-state index in [2.05, 4.69) is 10.6 Å². The summed E-state index contributed by atoms with van der Waals surface area (Å²) >= 11 is 0. The van der Waals surface area contributed by atoms with Crippen LogP contribution in [-0.2, 0) is 24.5 Å². The fourth-order valence-electron chi connectivity index (χ4n) is 4.60. The minimum absolute atomic E-state index is 0. The lowest BCUT2D eigenvalue weighted by Crippen LogP contribution is -2.56. The van der Waals surface area contributed by atoms with Gasteiger partial charge in [0.2, 0.25) is 17.7 Å². The zero-order valence-electron chi connectivity index (χ0n) is 27.0. The van der Waals surface area contributed by atoms with E-state index >= 15 is 0 Å². The molecule has 0 aliphatic heterocycles. The van der Waals surface area contributed by atoms with Crippen molar-refractivity contribution in [2.75, 3.05) is 60.7 Å². The Kier molecular flexibility index (Phi) is 46.0. The number of aliphatic hydroxyl groups excluding tert-OH is 1. The summed E-state index contributed by atoms with van der Waals surface area (Å²) in [4.78, 5) is 38.4. The van der Waals surface area contributed by atoms with Crippen LogP contribution in [0.1, 0.15) is 113 Å². The number of nitrogens with one attached hydrogen (secondary N) is 2. The van der Waals surface area contributed by atoms with Crippen LogP contribution in [0, 0.1) is 32.1 Å². The predicted octanol–water partition coefficient (Wildman–Crippen LogP) is 5.91. The topological polar surface area (TPSA) is 176 Å². The molecule has 0 radical (unpaired) electrons. The predicted molar refractivity (Wildman–Crippen MR) is 214 cm³/mol. The van der Waals surface area contributed by atoms with Gasteiger partial charge in [-0.05, 0) is 33.1 Å². The Morgan fingerprint density at radius 1 is 0.812 bits per heavy atom. The third-order valence-electron chi connectivity index (χ3n) is 6.34. The van der Waals surface area contributed by atoms with Crippen molar-refractivity contribution in [2.45, 2.75) is 125 Å². The molecule has 0 aromatic rings. The molecular weight excluding hydrogens is 634 g/mol. The van der Waals surface area contributed by atoms with Crippen LogP contribution >= 0.6 is 0 Å². The molecule has 0 saturated heterocycles. The number of likely N-dealkylation sites (N-methyl/N-ethyl adjacent to an activating group) is 2. The first-order valence-corrected chi connectivity index (χ1v) is 14.6. The Hall–Kier alpha value is -1.80. The summed E-state index contributed by atoms with van der Waals surface area (Å²) in [5, 5.41) is 16.0. The molecule has 3 unspecified atom stereocenters. The summed E-state index contributed by atoms with van der Waals surface area (Å²) in [5.41, 5.74) is 3.22. The Morgan fingerprint density at radius 2 is 1.23 bits per heavy atom. The van der Waals surface area contributed by atoms with Gasteiger partial charge in [0.25, 0.3) is 10.1 Å². The quantitative estimate of drug-likeness (QED) is 0.0536. The summed E-state index contributed by atoms with van der Waals surface area (Å²) in [5.74, 6) is -3.50. The van der Waals surface area contributed by atoms with Gasteiger partial charge in [0.1, 0.15) is 13.1 Å². The van der Waals surface area contributed by atoms with Crippen molar-refractivity contribution in [3.8, 4) is 0 Å². The van der Waals surface area contributed by atoms with E-state index < -0.39 is 56.6 Å². The first-order chi connectivity index (χ1) is 16.8. The van der Waals surface area contributed by atoms with Crippen LogP contribution in [0.25, 0.3) is 0 Å². The van der Waals surface area contributed by atoms with Gasteiger partial charge in [-0.25, -0.2) is 0 Å². The minimum Gasteiger partial charge on any atom is -0.382 e. The normalized spacial score (nSPS) is 12.6. The summed E-state index contributed by atoms with van der Waals surface area (Å²) < 4.78 is 33.0. The first kappa shape index (κ1) is 76.2. The van der Waals surface area contributed by atoms with Gasteiger partial charge in [-0.2, -0.15) is 8.42 Å². The molecule has 0 bridgehead atoms. The van der Waals surface area contributed by atoms with Gasteiger partial charge in [0.15, 0.2) is 12.8 Å².